The molecule has 6 heteroatoms. The van der Waals surface area contributed by atoms with Crippen LogP contribution >= 0.6 is 0 Å². The van der Waals surface area contributed by atoms with Crippen molar-refractivity contribution in [2.45, 2.75) is 71.1 Å². The van der Waals surface area contributed by atoms with E-state index >= 15 is 0 Å². The van der Waals surface area contributed by atoms with Gasteiger partial charge in [-0.3, -0.25) is 9.59 Å². The summed E-state index contributed by atoms with van der Waals surface area (Å²) in [5.41, 5.74) is 2.47. The van der Waals surface area contributed by atoms with Gasteiger partial charge in [-0.25, -0.2) is 4.79 Å². The van der Waals surface area contributed by atoms with Gasteiger partial charge in [0.25, 0.3) is 0 Å². The Morgan fingerprint density at radius 2 is 1.96 bits per heavy atom. The highest BCUT2D eigenvalue weighted by Crippen LogP contribution is 2.39. The summed E-state index contributed by atoms with van der Waals surface area (Å²) in [6, 6.07) is -1.07. The molecule has 2 fully saturated rings. The van der Waals surface area contributed by atoms with Crippen LogP contribution in [0.15, 0.2) is 35.5 Å². The van der Waals surface area contributed by atoms with E-state index in [4.69, 9.17) is 4.74 Å². The molecule has 6 nitrogen and oxygen atoms in total. The molecular formula is C22H30N2O4. The molecule has 1 N–H and O–H groups in total. The van der Waals surface area contributed by atoms with E-state index in [-0.39, 0.29) is 29.8 Å². The Bertz CT molecular complexity index is 735. The molecule has 0 spiro atoms. The lowest BCUT2D eigenvalue weighted by Gasteiger charge is -2.31. The predicted octanol–water partition coefficient (Wildman–Crippen LogP) is 3.29. The minimum atomic E-state index is -0.691. The van der Waals surface area contributed by atoms with Crippen LogP contribution in [0.1, 0.15) is 52.9 Å². The molecule has 1 aliphatic heterocycles. The lowest BCUT2D eigenvalue weighted by molar-refractivity contribution is -0.139. The quantitative estimate of drug-likeness (QED) is 0.787. The molecule has 0 aromatic heterocycles. The number of ketones is 1. The van der Waals surface area contributed by atoms with Gasteiger partial charge in [0.15, 0.2) is 5.78 Å². The predicted molar refractivity (Wildman–Crippen MR) is 107 cm³/mol. The fraction of sp³-hybridized carbons (Fsp3) is 0.591. The van der Waals surface area contributed by atoms with Gasteiger partial charge in [-0.05, 0) is 69.9 Å². The molecule has 3 aliphatic rings. The molecule has 1 saturated heterocycles. The van der Waals surface area contributed by atoms with Crippen molar-refractivity contribution in [3.05, 3.63) is 35.5 Å². The van der Waals surface area contributed by atoms with Crippen molar-refractivity contribution < 1.29 is 19.1 Å². The third kappa shape index (κ3) is 4.54. The number of amides is 2. The van der Waals surface area contributed by atoms with Gasteiger partial charge >= 0.3 is 6.09 Å². The summed E-state index contributed by atoms with van der Waals surface area (Å²) in [6.07, 6.45) is 11.4. The summed E-state index contributed by atoms with van der Waals surface area (Å²) in [7, 11) is 0. The topological polar surface area (TPSA) is 75.7 Å². The lowest BCUT2D eigenvalue weighted by atomic mass is 9.95. The Kier molecular flexibility index (Phi) is 6.37. The number of nitrogens with one attached hydrogen (secondary N) is 1. The number of hydrogen-bond acceptors (Lipinski definition) is 4. The second kappa shape index (κ2) is 8.76. The van der Waals surface area contributed by atoms with Crippen molar-refractivity contribution in [3.63, 3.8) is 0 Å². The van der Waals surface area contributed by atoms with E-state index in [1.807, 2.05) is 6.08 Å². The average molecular weight is 386 g/mol. The molecule has 152 valence electrons. The number of likely N-dealkylation sites (tertiary alicyclic amines) is 1. The molecule has 28 heavy (non-hydrogen) atoms. The number of rotatable bonds is 5. The molecule has 1 saturated carbocycles. The van der Waals surface area contributed by atoms with E-state index in [2.05, 4.69) is 23.5 Å². The Morgan fingerprint density at radius 1 is 1.21 bits per heavy atom. The standard InChI is InChI=1S/C22H30N2O4/c1-14(2)28-22(27)23-20(21(26)24-11-7-10-19(24)15(3)25)18-12-16-8-5-4-6-9-17(16)13-18/h4-5,8-9,14,18-20H,6-7,10-13H2,1-3H3,(H,23,27). The van der Waals surface area contributed by atoms with E-state index in [1.54, 1.807) is 18.7 Å². The maximum atomic E-state index is 13.4. The number of allylic oxidation sites excluding steroid dienone is 6. The van der Waals surface area contributed by atoms with Gasteiger partial charge in [0, 0.05) is 6.54 Å². The number of alkyl carbamates (subject to hydrolysis) is 1. The van der Waals surface area contributed by atoms with Gasteiger partial charge in [-0.2, -0.15) is 0 Å². The maximum absolute atomic E-state index is 13.4. The van der Waals surface area contributed by atoms with Crippen LogP contribution in [-0.2, 0) is 14.3 Å². The number of Topliss-reactive ketones (excluding diaryl/α,β-unsaturated/α-hetero) is 1. The maximum Gasteiger partial charge on any atom is 0.408 e. The van der Waals surface area contributed by atoms with Crippen LogP contribution in [0.3, 0.4) is 0 Å². The molecule has 2 aliphatic carbocycles. The first-order valence-corrected chi connectivity index (χ1v) is 10.2. The van der Waals surface area contributed by atoms with Crippen LogP contribution in [0, 0.1) is 5.92 Å². The summed E-state index contributed by atoms with van der Waals surface area (Å²) < 4.78 is 5.24. The Hall–Kier alpha value is -2.37. The highest BCUT2D eigenvalue weighted by atomic mass is 16.6. The van der Waals surface area contributed by atoms with Gasteiger partial charge < -0.3 is 15.0 Å². The van der Waals surface area contributed by atoms with Crippen molar-refractivity contribution >= 4 is 17.8 Å². The van der Waals surface area contributed by atoms with E-state index in [0.717, 1.165) is 25.7 Å². The first-order valence-electron chi connectivity index (χ1n) is 10.2. The normalized spacial score (nSPS) is 24.9. The zero-order valence-electron chi connectivity index (χ0n) is 16.9. The van der Waals surface area contributed by atoms with E-state index in [1.165, 1.54) is 18.1 Å². The zero-order chi connectivity index (χ0) is 20.3. The van der Waals surface area contributed by atoms with Crippen molar-refractivity contribution in [1.82, 2.24) is 10.2 Å². The average Bonchev–Trinajstić information content (AvgIpc) is 3.21. The Balaban J connectivity index is 1.82. The molecule has 0 radical (unpaired) electrons. The Labute approximate surface area is 166 Å². The molecular weight excluding hydrogens is 356 g/mol. The largest absolute Gasteiger partial charge is 0.447 e. The van der Waals surface area contributed by atoms with E-state index in [0.29, 0.717) is 13.0 Å². The lowest BCUT2D eigenvalue weighted by Crippen LogP contribution is -2.54. The smallest absolute Gasteiger partial charge is 0.408 e. The van der Waals surface area contributed by atoms with Crippen molar-refractivity contribution in [2.24, 2.45) is 5.92 Å². The van der Waals surface area contributed by atoms with Crippen molar-refractivity contribution in [1.29, 1.82) is 0 Å². The van der Waals surface area contributed by atoms with Gasteiger partial charge in [0.1, 0.15) is 6.04 Å². The second-order valence-electron chi connectivity index (χ2n) is 8.13. The fourth-order valence-electron chi connectivity index (χ4n) is 4.39. The summed E-state index contributed by atoms with van der Waals surface area (Å²) in [5.74, 6) is -0.206. The van der Waals surface area contributed by atoms with E-state index < -0.39 is 12.1 Å². The van der Waals surface area contributed by atoms with Crippen LogP contribution in [0.5, 0.6) is 0 Å². The van der Waals surface area contributed by atoms with Crippen LogP contribution in [0.2, 0.25) is 0 Å². The number of ether oxygens (including phenoxy) is 1. The number of nitrogens with zero attached hydrogens (tertiary/aromatic N) is 1. The third-order valence-electron chi connectivity index (χ3n) is 5.67. The van der Waals surface area contributed by atoms with Gasteiger partial charge in [-0.15, -0.1) is 0 Å². The third-order valence-corrected chi connectivity index (χ3v) is 5.67. The number of fused-ring (bicyclic) bond motifs is 1. The van der Waals surface area contributed by atoms with Gasteiger partial charge in [0.2, 0.25) is 5.91 Å². The minimum absolute atomic E-state index is 0.00138. The molecule has 0 aromatic carbocycles. The minimum Gasteiger partial charge on any atom is -0.447 e. The van der Waals surface area contributed by atoms with Crippen molar-refractivity contribution in [3.8, 4) is 0 Å². The highest BCUT2D eigenvalue weighted by Gasteiger charge is 2.42. The van der Waals surface area contributed by atoms with Crippen LogP contribution in [-0.4, -0.2) is 47.4 Å². The first kappa shape index (κ1) is 20.4. The van der Waals surface area contributed by atoms with E-state index in [9.17, 15) is 14.4 Å². The molecule has 3 atom stereocenters. The zero-order valence-corrected chi connectivity index (χ0v) is 16.9. The van der Waals surface area contributed by atoms with Crippen LogP contribution in [0.25, 0.3) is 0 Å². The number of carbonyl (C=O) groups is 3. The fourth-order valence-corrected chi connectivity index (χ4v) is 4.39. The molecule has 0 bridgehead atoms. The second-order valence-corrected chi connectivity index (χ2v) is 8.13. The number of carbonyl (C=O) groups excluding carboxylic acids is 3. The molecule has 1 heterocycles. The summed E-state index contributed by atoms with van der Waals surface area (Å²) in [4.78, 5) is 39.3. The molecule has 3 unspecified atom stereocenters. The summed E-state index contributed by atoms with van der Waals surface area (Å²) in [6.45, 7) is 5.64. The first-order chi connectivity index (χ1) is 13.4. The molecule has 3 rings (SSSR count). The Morgan fingerprint density at radius 3 is 2.68 bits per heavy atom. The SMILES string of the molecule is CC(=O)C1CCCN1C(=O)C(NC(=O)OC(C)C)C1CC2=CC=CCC=C2C1. The van der Waals surface area contributed by atoms with Crippen molar-refractivity contribution in [2.75, 3.05) is 6.54 Å². The van der Waals surface area contributed by atoms with Crippen LogP contribution in [0.4, 0.5) is 4.79 Å². The number of hydrogen-bond donors (Lipinski definition) is 1. The molecule has 2 amide bonds. The monoisotopic (exact) mass is 386 g/mol. The van der Waals surface area contributed by atoms with Gasteiger partial charge in [-0.1, -0.05) is 24.3 Å². The molecule has 0 aromatic rings. The van der Waals surface area contributed by atoms with Crippen LogP contribution < -0.4 is 5.32 Å². The van der Waals surface area contributed by atoms with Gasteiger partial charge in [0.05, 0.1) is 12.1 Å². The summed E-state index contributed by atoms with van der Waals surface area (Å²) in [5, 5.41) is 2.82. The summed E-state index contributed by atoms with van der Waals surface area (Å²) >= 11 is 0. The highest BCUT2D eigenvalue weighted by molar-refractivity contribution is 5.92.